The van der Waals surface area contributed by atoms with Crippen molar-refractivity contribution in [3.8, 4) is 0 Å². The van der Waals surface area contributed by atoms with Gasteiger partial charge in [0.15, 0.2) is 16.6 Å². The van der Waals surface area contributed by atoms with Gasteiger partial charge in [-0.15, -0.1) is 0 Å². The van der Waals surface area contributed by atoms with E-state index in [0.29, 0.717) is 25.4 Å². The second-order valence-corrected chi connectivity index (χ2v) is 22.1. The molecule has 0 rings (SSSR count). The Labute approximate surface area is 164 Å². The summed E-state index contributed by atoms with van der Waals surface area (Å²) in [7, 11) is -5.47. The Hall–Kier alpha value is -0.259. The lowest BCUT2D eigenvalue weighted by atomic mass is 10.2. The highest BCUT2D eigenvalue weighted by Gasteiger charge is 2.39. The molecule has 0 N–H and O–H groups in total. The summed E-state index contributed by atoms with van der Waals surface area (Å²) in [5.74, 6) is -0.177. The molecule has 0 aliphatic heterocycles. The van der Waals surface area contributed by atoms with E-state index in [0.717, 1.165) is 12.5 Å². The lowest BCUT2D eigenvalue weighted by Crippen LogP contribution is -2.52. The molecule has 0 saturated carbocycles. The first kappa shape index (κ1) is 25.7. The highest BCUT2D eigenvalue weighted by Crippen LogP contribution is 2.25. The minimum Gasteiger partial charge on any atom is -0.462 e. The van der Waals surface area contributed by atoms with Gasteiger partial charge in [-0.3, -0.25) is 0 Å². The molecule has 0 radical (unpaired) electrons. The number of hydrogen-bond donors (Lipinski definition) is 0. The molecule has 154 valence electrons. The maximum absolute atomic E-state index is 11.4. The molecule has 5 nitrogen and oxygen atoms in total. The van der Waals surface area contributed by atoms with Crippen molar-refractivity contribution >= 4 is 31.2 Å². The van der Waals surface area contributed by atoms with Crippen LogP contribution >= 0.6 is 0 Å². The van der Waals surface area contributed by atoms with Crippen LogP contribution in [0.2, 0.25) is 51.9 Å². The fourth-order valence-electron chi connectivity index (χ4n) is 2.59. The van der Waals surface area contributed by atoms with Crippen LogP contribution in [0.25, 0.3) is 0 Å². The molecule has 0 bridgehead atoms. The Morgan fingerprint density at radius 3 is 1.88 bits per heavy atom. The Bertz CT molecular complexity index is 439. The largest absolute Gasteiger partial charge is 0.462 e. The second-order valence-electron chi connectivity index (χ2n) is 9.23. The minimum absolute atomic E-state index is 0.165. The number of rotatable bonds is 13. The van der Waals surface area contributed by atoms with Gasteiger partial charge in [-0.25, -0.2) is 4.79 Å². The fourth-order valence-corrected chi connectivity index (χ4v) is 15.1. The lowest BCUT2D eigenvalue weighted by Gasteiger charge is -2.38. The standard InChI is InChI=1S/C18H40O5Si3/c1-16(2)18(19)21-15-17(3)14-20-12-11-13-26(10,22-24(4,5)6)23-25(7,8)9/h17H,1,11-15H2,2-10H3. The van der Waals surface area contributed by atoms with Gasteiger partial charge in [0.05, 0.1) is 13.2 Å². The van der Waals surface area contributed by atoms with Crippen molar-refractivity contribution < 1.29 is 22.5 Å². The van der Waals surface area contributed by atoms with Gasteiger partial charge >= 0.3 is 14.5 Å². The quantitative estimate of drug-likeness (QED) is 0.183. The van der Waals surface area contributed by atoms with E-state index in [1.54, 1.807) is 6.92 Å². The summed E-state index contributed by atoms with van der Waals surface area (Å²) in [6, 6.07) is 0.945. The summed E-state index contributed by atoms with van der Waals surface area (Å²) < 4.78 is 23.9. The normalized spacial score (nSPS) is 14.2. The van der Waals surface area contributed by atoms with Crippen LogP contribution < -0.4 is 0 Å². The van der Waals surface area contributed by atoms with Crippen molar-refractivity contribution in [3.05, 3.63) is 12.2 Å². The molecule has 0 saturated heterocycles. The number of hydrogen-bond acceptors (Lipinski definition) is 5. The zero-order valence-electron chi connectivity index (χ0n) is 18.4. The van der Waals surface area contributed by atoms with Crippen LogP contribution in [-0.2, 0) is 22.5 Å². The summed E-state index contributed by atoms with van der Waals surface area (Å²) in [6.45, 7) is 24.3. The molecule has 1 unspecified atom stereocenters. The zero-order chi connectivity index (χ0) is 20.6. The molecule has 0 aromatic rings. The Balaban J connectivity index is 4.26. The molecule has 8 heteroatoms. The number of ether oxygens (including phenoxy) is 2. The summed E-state index contributed by atoms with van der Waals surface area (Å²) in [6.07, 6.45) is 0.927. The van der Waals surface area contributed by atoms with Crippen molar-refractivity contribution in [1.82, 2.24) is 0 Å². The summed E-state index contributed by atoms with van der Waals surface area (Å²) >= 11 is 0. The van der Waals surface area contributed by atoms with Crippen LogP contribution in [-0.4, -0.2) is 51.0 Å². The Kier molecular flexibility index (Phi) is 10.8. The van der Waals surface area contributed by atoms with E-state index >= 15 is 0 Å². The average Bonchev–Trinajstić information content (AvgIpc) is 2.39. The van der Waals surface area contributed by atoms with Crippen molar-refractivity contribution in [3.63, 3.8) is 0 Å². The third-order valence-corrected chi connectivity index (χ3v) is 12.8. The first-order valence-electron chi connectivity index (χ1n) is 9.44. The first-order valence-corrected chi connectivity index (χ1v) is 18.8. The Morgan fingerprint density at radius 2 is 1.46 bits per heavy atom. The van der Waals surface area contributed by atoms with E-state index in [4.69, 9.17) is 17.7 Å². The fraction of sp³-hybridized carbons (Fsp3) is 0.833. The summed E-state index contributed by atoms with van der Waals surface area (Å²) in [5, 5.41) is 0. The number of carbonyl (C=O) groups is 1. The van der Waals surface area contributed by atoms with Gasteiger partial charge in [-0.05, 0) is 65.2 Å². The van der Waals surface area contributed by atoms with Gasteiger partial charge in [0, 0.05) is 18.1 Å². The van der Waals surface area contributed by atoms with Gasteiger partial charge in [0.1, 0.15) is 0 Å². The molecule has 0 heterocycles. The summed E-state index contributed by atoms with van der Waals surface area (Å²) in [5.41, 5.74) is 0.423. The smallest absolute Gasteiger partial charge is 0.333 e. The molecule has 0 aliphatic rings. The molecule has 0 fully saturated rings. The van der Waals surface area contributed by atoms with Gasteiger partial charge in [-0.1, -0.05) is 13.5 Å². The van der Waals surface area contributed by atoms with Crippen LogP contribution in [0.1, 0.15) is 20.3 Å². The van der Waals surface area contributed by atoms with Gasteiger partial charge < -0.3 is 17.7 Å². The lowest BCUT2D eigenvalue weighted by molar-refractivity contribution is -0.140. The van der Waals surface area contributed by atoms with Crippen LogP contribution in [0.3, 0.4) is 0 Å². The van der Waals surface area contributed by atoms with Crippen molar-refractivity contribution in [2.75, 3.05) is 19.8 Å². The van der Waals surface area contributed by atoms with Crippen LogP contribution in [0.15, 0.2) is 12.2 Å². The van der Waals surface area contributed by atoms with E-state index in [2.05, 4.69) is 52.4 Å². The molecule has 0 spiro atoms. The van der Waals surface area contributed by atoms with E-state index in [9.17, 15) is 4.79 Å². The maximum atomic E-state index is 11.4. The van der Waals surface area contributed by atoms with Crippen LogP contribution in [0, 0.1) is 5.92 Å². The molecule has 0 aromatic carbocycles. The number of esters is 1. The van der Waals surface area contributed by atoms with Gasteiger partial charge in [0.25, 0.3) is 0 Å². The van der Waals surface area contributed by atoms with Crippen LogP contribution in [0.4, 0.5) is 0 Å². The SMILES string of the molecule is C=C(C)C(=O)OCC(C)COCCC[Si](C)(O[Si](C)(C)C)O[Si](C)(C)C. The monoisotopic (exact) mass is 420 g/mol. The van der Waals surface area contributed by atoms with Crippen molar-refractivity contribution in [2.24, 2.45) is 5.92 Å². The highest BCUT2D eigenvalue weighted by atomic mass is 28.5. The molecule has 0 amide bonds. The van der Waals surface area contributed by atoms with Crippen LogP contribution in [0.5, 0.6) is 0 Å². The third kappa shape index (κ3) is 13.9. The summed E-state index contributed by atoms with van der Waals surface area (Å²) in [4.78, 5) is 11.4. The second kappa shape index (κ2) is 10.9. The van der Waals surface area contributed by atoms with Gasteiger partial charge in [-0.2, -0.15) is 0 Å². The molecular formula is C18H40O5Si3. The Morgan fingerprint density at radius 1 is 0.962 bits per heavy atom. The van der Waals surface area contributed by atoms with E-state index in [-0.39, 0.29) is 11.9 Å². The predicted octanol–water partition coefficient (Wildman–Crippen LogP) is 4.92. The number of carbonyl (C=O) groups excluding carboxylic acids is 1. The maximum Gasteiger partial charge on any atom is 0.333 e. The zero-order valence-corrected chi connectivity index (χ0v) is 21.4. The average molecular weight is 421 g/mol. The molecule has 0 aliphatic carbocycles. The molecular weight excluding hydrogens is 380 g/mol. The molecule has 0 aromatic heterocycles. The van der Waals surface area contributed by atoms with Crippen molar-refractivity contribution in [1.29, 1.82) is 0 Å². The predicted molar refractivity (Wildman–Crippen MR) is 116 cm³/mol. The highest BCUT2D eigenvalue weighted by molar-refractivity contribution is 6.87. The van der Waals surface area contributed by atoms with E-state index in [1.807, 2.05) is 6.92 Å². The van der Waals surface area contributed by atoms with E-state index in [1.165, 1.54) is 0 Å². The topological polar surface area (TPSA) is 54.0 Å². The van der Waals surface area contributed by atoms with Gasteiger partial charge in [0.2, 0.25) is 0 Å². The molecule has 1 atom stereocenters. The third-order valence-electron chi connectivity index (χ3n) is 3.21. The van der Waals surface area contributed by atoms with E-state index < -0.39 is 25.2 Å². The minimum atomic E-state index is -2.18. The first-order chi connectivity index (χ1) is 11.6. The van der Waals surface area contributed by atoms with Crippen molar-refractivity contribution in [2.45, 2.75) is 72.1 Å². The molecule has 26 heavy (non-hydrogen) atoms.